The molecule has 10 N–H and O–H groups in total. The molecule has 4 aromatic rings. The lowest BCUT2D eigenvalue weighted by Crippen LogP contribution is -2.53. The molecule has 0 spiro atoms. The van der Waals surface area contributed by atoms with Crippen molar-refractivity contribution in [1.29, 1.82) is 0 Å². The number of hydrogen-bond donors (Lipinski definition) is 6. The highest BCUT2D eigenvalue weighted by molar-refractivity contribution is 7.92. The molecule has 1 aliphatic heterocycles. The highest BCUT2D eigenvalue weighted by Gasteiger charge is 2.29. The Labute approximate surface area is 275 Å². The zero-order valence-electron chi connectivity index (χ0n) is 26.4. The maximum Gasteiger partial charge on any atom is 0.264 e. The number of anilines is 5. The number of nitrogens with zero attached hydrogens (tertiary/aromatic N) is 6. The predicted octanol–water partition coefficient (Wildman–Crippen LogP) is 1.61. The Bertz CT molecular complexity index is 1730. The van der Waals surface area contributed by atoms with Crippen LogP contribution in [0.15, 0.2) is 77.7 Å². The molecule has 0 amide bonds. The van der Waals surface area contributed by atoms with Crippen LogP contribution in [0, 0.1) is 6.92 Å². The first-order chi connectivity index (χ1) is 22.6. The Morgan fingerprint density at radius 2 is 1.57 bits per heavy atom. The van der Waals surface area contributed by atoms with Crippen molar-refractivity contribution in [2.24, 2.45) is 22.9 Å². The number of sulfonamides is 1. The van der Waals surface area contributed by atoms with Gasteiger partial charge in [0.25, 0.3) is 10.0 Å². The Morgan fingerprint density at radius 3 is 2.19 bits per heavy atom. The molecule has 15 heteroatoms. The topological polar surface area (TPSA) is 219 Å². The summed E-state index contributed by atoms with van der Waals surface area (Å²) in [4.78, 5) is 17.9. The second-order valence-electron chi connectivity index (χ2n) is 11.6. The van der Waals surface area contributed by atoms with E-state index in [0.717, 1.165) is 11.1 Å². The third-order valence-corrected chi connectivity index (χ3v) is 9.54. The normalized spacial score (nSPS) is 16.6. The third kappa shape index (κ3) is 8.25. The number of nitrogens with two attached hydrogens (primary N) is 4. The second-order valence-corrected chi connectivity index (χ2v) is 13.5. The lowest BCUT2D eigenvalue weighted by molar-refractivity contribution is 0.447. The number of hydrogen-bond acceptors (Lipinski definition) is 13. The lowest BCUT2D eigenvalue weighted by Gasteiger charge is -2.35. The molecule has 0 bridgehead atoms. The number of aromatic hydroxyl groups is 1. The molecule has 2 heterocycles. The molecule has 1 aliphatic rings. The summed E-state index contributed by atoms with van der Waals surface area (Å²) in [6.45, 7) is 4.61. The summed E-state index contributed by atoms with van der Waals surface area (Å²) >= 11 is 0. The van der Waals surface area contributed by atoms with E-state index in [1.165, 1.54) is 10.4 Å². The van der Waals surface area contributed by atoms with Crippen molar-refractivity contribution < 1.29 is 13.5 Å². The third-order valence-electron chi connectivity index (χ3n) is 7.77. The zero-order valence-corrected chi connectivity index (χ0v) is 27.2. The Balaban J connectivity index is 1.50. The first kappa shape index (κ1) is 33.8. The number of aryl methyl sites for hydroxylation is 1. The van der Waals surface area contributed by atoms with Crippen LogP contribution in [-0.2, 0) is 16.6 Å². The summed E-state index contributed by atoms with van der Waals surface area (Å²) < 4.78 is 29.1. The van der Waals surface area contributed by atoms with Gasteiger partial charge in [-0.2, -0.15) is 15.0 Å². The van der Waals surface area contributed by atoms with E-state index in [9.17, 15) is 13.5 Å². The van der Waals surface area contributed by atoms with Crippen LogP contribution in [0.25, 0.3) is 0 Å². The van der Waals surface area contributed by atoms with Gasteiger partial charge in [0.05, 0.1) is 17.1 Å². The number of rotatable bonds is 13. The van der Waals surface area contributed by atoms with Crippen LogP contribution in [-0.4, -0.2) is 79.8 Å². The molecule has 2 atom stereocenters. The summed E-state index contributed by atoms with van der Waals surface area (Å²) in [5.41, 5.74) is 26.5. The highest BCUT2D eigenvalue weighted by atomic mass is 32.2. The van der Waals surface area contributed by atoms with Gasteiger partial charge in [0.2, 0.25) is 17.8 Å². The molecule has 3 aromatic carbocycles. The first-order valence-electron chi connectivity index (χ1n) is 15.5. The van der Waals surface area contributed by atoms with Gasteiger partial charge in [0.1, 0.15) is 5.75 Å². The van der Waals surface area contributed by atoms with E-state index in [1.54, 1.807) is 36.4 Å². The van der Waals surface area contributed by atoms with Gasteiger partial charge < -0.3 is 43.2 Å². The Hall–Kier alpha value is -4.54. The summed E-state index contributed by atoms with van der Waals surface area (Å²) in [5, 5.41) is 14.5. The quantitative estimate of drug-likeness (QED) is 0.120. The van der Waals surface area contributed by atoms with Crippen LogP contribution in [0.1, 0.15) is 17.5 Å². The van der Waals surface area contributed by atoms with Gasteiger partial charge in [-0.1, -0.05) is 48.0 Å². The fraction of sp³-hybridized carbons (Fsp3) is 0.344. The van der Waals surface area contributed by atoms with E-state index in [1.807, 2.05) is 47.1 Å². The number of phenolic OH excluding ortho intramolecular Hbond substituents is 1. The van der Waals surface area contributed by atoms with Crippen LogP contribution in [0.4, 0.5) is 29.2 Å². The monoisotopic (exact) mass is 661 g/mol. The molecule has 0 unspecified atom stereocenters. The van der Waals surface area contributed by atoms with E-state index >= 15 is 0 Å². The Morgan fingerprint density at radius 1 is 0.915 bits per heavy atom. The summed E-state index contributed by atoms with van der Waals surface area (Å²) in [6.07, 6.45) is 0.693. The summed E-state index contributed by atoms with van der Waals surface area (Å²) in [5.74, 6) is 0.718. The largest absolute Gasteiger partial charge is 0.506 e. The Kier molecular flexibility index (Phi) is 10.7. The molecule has 250 valence electrons. The maximum absolute atomic E-state index is 13.9. The maximum atomic E-state index is 13.9. The number of benzene rings is 3. The van der Waals surface area contributed by atoms with Crippen LogP contribution in [0.5, 0.6) is 5.75 Å². The SMILES string of the molecule is Cc1ccc(S(=O)(=O)N(Cc2ccccc2)c2ccc(Nc3nc(N(CCN)CCN)nc(N4C[C@H](N)C[C@H](N)C4)n3)cc2O)cc1. The van der Waals surface area contributed by atoms with E-state index in [-0.39, 0.29) is 40.9 Å². The van der Waals surface area contributed by atoms with E-state index in [2.05, 4.69) is 15.3 Å². The number of phenols is 1. The van der Waals surface area contributed by atoms with Crippen LogP contribution in [0.3, 0.4) is 0 Å². The molecular formula is C32H43N11O3S. The van der Waals surface area contributed by atoms with Gasteiger partial charge in [-0.25, -0.2) is 8.42 Å². The summed E-state index contributed by atoms with van der Waals surface area (Å²) in [7, 11) is -4.05. The van der Waals surface area contributed by atoms with Gasteiger partial charge in [-0.05, 0) is 43.2 Å². The minimum absolute atomic E-state index is 0.00972. The fourth-order valence-corrected chi connectivity index (χ4v) is 6.95. The van der Waals surface area contributed by atoms with Gasteiger partial charge in [-0.3, -0.25) is 4.31 Å². The second kappa shape index (κ2) is 14.9. The fourth-order valence-electron chi connectivity index (χ4n) is 5.49. The summed E-state index contributed by atoms with van der Waals surface area (Å²) in [6, 6.07) is 20.2. The molecule has 5 rings (SSSR count). The smallest absolute Gasteiger partial charge is 0.264 e. The molecule has 1 aromatic heterocycles. The molecule has 0 aliphatic carbocycles. The van der Waals surface area contributed by atoms with Gasteiger partial charge in [0.15, 0.2) is 0 Å². The van der Waals surface area contributed by atoms with Crippen molar-refractivity contribution in [1.82, 2.24) is 15.0 Å². The van der Waals surface area contributed by atoms with Crippen molar-refractivity contribution in [3.8, 4) is 5.75 Å². The first-order valence-corrected chi connectivity index (χ1v) is 16.9. The average Bonchev–Trinajstić information content (AvgIpc) is 3.04. The molecule has 1 saturated heterocycles. The molecule has 0 radical (unpaired) electrons. The minimum atomic E-state index is -4.05. The minimum Gasteiger partial charge on any atom is -0.506 e. The van der Waals surface area contributed by atoms with Crippen molar-refractivity contribution >= 4 is 39.2 Å². The van der Waals surface area contributed by atoms with Gasteiger partial charge >= 0.3 is 0 Å². The highest BCUT2D eigenvalue weighted by Crippen LogP contribution is 2.36. The van der Waals surface area contributed by atoms with E-state index in [0.29, 0.717) is 63.3 Å². The van der Waals surface area contributed by atoms with Crippen molar-refractivity contribution in [3.05, 3.63) is 83.9 Å². The molecule has 1 fully saturated rings. The van der Waals surface area contributed by atoms with Crippen LogP contribution < -0.4 is 42.4 Å². The van der Waals surface area contributed by atoms with Crippen LogP contribution in [0.2, 0.25) is 0 Å². The van der Waals surface area contributed by atoms with Crippen molar-refractivity contribution in [2.75, 3.05) is 58.7 Å². The van der Waals surface area contributed by atoms with Gasteiger partial charge in [-0.15, -0.1) is 0 Å². The van der Waals surface area contributed by atoms with Gasteiger partial charge in [0, 0.05) is 63.1 Å². The number of aromatic nitrogens is 3. The van der Waals surface area contributed by atoms with Crippen molar-refractivity contribution in [3.63, 3.8) is 0 Å². The predicted molar refractivity (Wildman–Crippen MR) is 185 cm³/mol. The molecule has 14 nitrogen and oxygen atoms in total. The van der Waals surface area contributed by atoms with Crippen molar-refractivity contribution in [2.45, 2.75) is 36.9 Å². The zero-order chi connectivity index (χ0) is 33.6. The standard InChI is InChI=1S/C32H43N11O3S/c1-22-7-10-27(11-8-22)47(45,46)43(19-23-5-3-2-4-6-23)28-12-9-26(18-29(28)44)37-30-38-31(41(15-13-33)16-14-34)40-32(39-30)42-20-24(35)17-25(36)21-42/h2-12,18,24-25,44H,13-17,19-21,33-36H2,1H3,(H,37,38,39,40)/t24-,25+. The van der Waals surface area contributed by atoms with E-state index < -0.39 is 10.0 Å². The van der Waals surface area contributed by atoms with E-state index in [4.69, 9.17) is 27.9 Å². The average molecular weight is 662 g/mol. The lowest BCUT2D eigenvalue weighted by atomic mass is 10.0. The number of nitrogens with one attached hydrogen (secondary N) is 1. The van der Waals surface area contributed by atoms with Crippen LogP contribution >= 0.6 is 0 Å². The molecular weight excluding hydrogens is 618 g/mol. The molecule has 47 heavy (non-hydrogen) atoms. The number of piperidine rings is 1. The molecule has 0 saturated carbocycles.